The van der Waals surface area contributed by atoms with E-state index < -0.39 is 0 Å². The van der Waals surface area contributed by atoms with Crippen LogP contribution in [0.2, 0.25) is 0 Å². The van der Waals surface area contributed by atoms with Gasteiger partial charge in [0.15, 0.2) is 11.5 Å². The molecular formula is C17H21N3O3. The zero-order valence-electron chi connectivity index (χ0n) is 13.7. The molecule has 0 fully saturated rings. The molecule has 1 rings (SSSR count). The summed E-state index contributed by atoms with van der Waals surface area (Å²) in [5, 5.41) is 17.4. The van der Waals surface area contributed by atoms with E-state index in [1.54, 1.807) is 18.2 Å². The van der Waals surface area contributed by atoms with Crippen molar-refractivity contribution in [2.75, 3.05) is 20.2 Å². The van der Waals surface area contributed by atoms with Crippen molar-refractivity contribution in [1.82, 2.24) is 4.90 Å². The number of carbonyl (C=O) groups excluding carboxylic acids is 1. The average Bonchev–Trinajstić information content (AvgIpc) is 2.54. The van der Waals surface area contributed by atoms with Crippen LogP contribution in [0, 0.1) is 22.7 Å². The molecule has 0 unspecified atom stereocenters. The maximum Gasteiger partial charge on any atom is 0.254 e. The highest BCUT2D eigenvalue weighted by Gasteiger charge is 2.18. The Balaban J connectivity index is 3.00. The van der Waals surface area contributed by atoms with Crippen LogP contribution >= 0.6 is 0 Å². The van der Waals surface area contributed by atoms with Crippen LogP contribution in [0.25, 0.3) is 0 Å². The highest BCUT2D eigenvalue weighted by molar-refractivity contribution is 5.95. The van der Waals surface area contributed by atoms with Crippen LogP contribution in [-0.4, -0.2) is 37.1 Å². The van der Waals surface area contributed by atoms with Gasteiger partial charge in [0.25, 0.3) is 5.91 Å². The molecule has 0 bridgehead atoms. The zero-order chi connectivity index (χ0) is 17.2. The molecule has 6 nitrogen and oxygen atoms in total. The number of methoxy groups -OCH3 is 1. The Morgan fingerprint density at radius 3 is 2.26 bits per heavy atom. The van der Waals surface area contributed by atoms with Crippen molar-refractivity contribution < 1.29 is 14.3 Å². The number of amides is 1. The summed E-state index contributed by atoms with van der Waals surface area (Å²) in [5.74, 6) is 0.814. The standard InChI is InChI=1S/C17H21N3O3/c1-13(2)23-15-7-6-14(12-16(15)22-3)17(21)20(10-4-8-18)11-5-9-19/h6-7,12-13H,4-5,10-11H2,1-3H3. The van der Waals surface area contributed by atoms with Gasteiger partial charge in [0, 0.05) is 18.7 Å². The van der Waals surface area contributed by atoms with Gasteiger partial charge in [-0.1, -0.05) is 0 Å². The second-order valence-electron chi connectivity index (χ2n) is 5.14. The summed E-state index contributed by atoms with van der Waals surface area (Å²) in [6, 6.07) is 9.00. The molecule has 23 heavy (non-hydrogen) atoms. The Labute approximate surface area is 136 Å². The predicted molar refractivity (Wildman–Crippen MR) is 85.1 cm³/mol. The van der Waals surface area contributed by atoms with Crippen LogP contribution < -0.4 is 9.47 Å². The highest BCUT2D eigenvalue weighted by atomic mass is 16.5. The monoisotopic (exact) mass is 315 g/mol. The summed E-state index contributed by atoms with van der Waals surface area (Å²) in [6.07, 6.45) is 0.444. The van der Waals surface area contributed by atoms with Crippen LogP contribution in [0.3, 0.4) is 0 Å². The fourth-order valence-corrected chi connectivity index (χ4v) is 2.02. The second kappa shape index (κ2) is 9.32. The summed E-state index contributed by atoms with van der Waals surface area (Å²) in [6.45, 7) is 4.40. The first-order chi connectivity index (χ1) is 11.0. The lowest BCUT2D eigenvalue weighted by Gasteiger charge is -2.21. The molecule has 0 saturated heterocycles. The first kappa shape index (κ1) is 18.3. The molecule has 0 spiro atoms. The fraction of sp³-hybridized carbons (Fsp3) is 0.471. The average molecular weight is 315 g/mol. The number of nitrogens with zero attached hydrogens (tertiary/aromatic N) is 3. The minimum absolute atomic E-state index is 0.00629. The Morgan fingerprint density at radius 1 is 1.17 bits per heavy atom. The molecule has 0 N–H and O–H groups in total. The van der Waals surface area contributed by atoms with Crippen molar-refractivity contribution in [2.24, 2.45) is 0 Å². The number of rotatable bonds is 8. The van der Waals surface area contributed by atoms with Crippen molar-refractivity contribution in [3.63, 3.8) is 0 Å². The van der Waals surface area contributed by atoms with Crippen LogP contribution in [0.4, 0.5) is 0 Å². The van der Waals surface area contributed by atoms with E-state index in [4.69, 9.17) is 20.0 Å². The van der Waals surface area contributed by atoms with Gasteiger partial charge in [-0.25, -0.2) is 0 Å². The van der Waals surface area contributed by atoms with Gasteiger partial charge in [-0.15, -0.1) is 0 Å². The summed E-state index contributed by atoms with van der Waals surface area (Å²) in [4.78, 5) is 14.1. The Kier molecular flexibility index (Phi) is 7.42. The Hall–Kier alpha value is -2.73. The summed E-state index contributed by atoms with van der Waals surface area (Å²) < 4.78 is 10.9. The number of hydrogen-bond donors (Lipinski definition) is 0. The van der Waals surface area contributed by atoms with Crippen LogP contribution in [0.1, 0.15) is 37.0 Å². The van der Waals surface area contributed by atoms with E-state index in [1.165, 1.54) is 12.0 Å². The third-order valence-corrected chi connectivity index (χ3v) is 3.05. The maximum atomic E-state index is 12.6. The molecule has 6 heteroatoms. The summed E-state index contributed by atoms with van der Waals surface area (Å²) in [5.41, 5.74) is 0.439. The van der Waals surface area contributed by atoms with Gasteiger partial charge in [0.2, 0.25) is 0 Å². The summed E-state index contributed by atoms with van der Waals surface area (Å²) in [7, 11) is 1.51. The predicted octanol–water partition coefficient (Wildman–Crippen LogP) is 2.75. The van der Waals surface area contributed by atoms with Crippen LogP contribution in [0.15, 0.2) is 18.2 Å². The SMILES string of the molecule is COc1cc(C(=O)N(CCC#N)CCC#N)ccc1OC(C)C. The first-order valence-corrected chi connectivity index (χ1v) is 7.41. The van der Waals surface area contributed by atoms with E-state index in [1.807, 2.05) is 26.0 Å². The molecule has 1 amide bonds. The number of ether oxygens (including phenoxy) is 2. The second-order valence-corrected chi connectivity index (χ2v) is 5.14. The van der Waals surface area contributed by atoms with Crippen LogP contribution in [-0.2, 0) is 0 Å². The molecule has 0 aliphatic heterocycles. The van der Waals surface area contributed by atoms with Crippen LogP contribution in [0.5, 0.6) is 11.5 Å². The number of carbonyl (C=O) groups is 1. The van der Waals surface area contributed by atoms with E-state index in [9.17, 15) is 4.79 Å². The third kappa shape index (κ3) is 5.52. The molecule has 0 aliphatic carbocycles. The molecule has 0 heterocycles. The largest absolute Gasteiger partial charge is 0.493 e. The maximum absolute atomic E-state index is 12.6. The Bertz CT molecular complexity index is 596. The molecule has 1 aromatic carbocycles. The topological polar surface area (TPSA) is 86.4 Å². The molecule has 0 saturated carbocycles. The highest BCUT2D eigenvalue weighted by Crippen LogP contribution is 2.29. The molecule has 0 aromatic heterocycles. The molecule has 0 aliphatic rings. The van der Waals surface area contributed by atoms with Crippen molar-refractivity contribution in [2.45, 2.75) is 32.8 Å². The first-order valence-electron chi connectivity index (χ1n) is 7.41. The molecular weight excluding hydrogens is 294 g/mol. The van der Waals surface area contributed by atoms with Crippen molar-refractivity contribution in [3.05, 3.63) is 23.8 Å². The van der Waals surface area contributed by atoms with Gasteiger partial charge in [-0.2, -0.15) is 10.5 Å². The Morgan fingerprint density at radius 2 is 1.78 bits per heavy atom. The van der Waals surface area contributed by atoms with E-state index >= 15 is 0 Å². The molecule has 122 valence electrons. The van der Waals surface area contributed by atoms with Crippen molar-refractivity contribution in [3.8, 4) is 23.6 Å². The van der Waals surface area contributed by atoms with Gasteiger partial charge < -0.3 is 14.4 Å². The molecule has 1 aromatic rings. The van der Waals surface area contributed by atoms with Gasteiger partial charge >= 0.3 is 0 Å². The smallest absolute Gasteiger partial charge is 0.254 e. The molecule has 0 radical (unpaired) electrons. The lowest BCUT2D eigenvalue weighted by atomic mass is 10.1. The fourth-order valence-electron chi connectivity index (χ4n) is 2.02. The van der Waals surface area contributed by atoms with E-state index in [0.29, 0.717) is 30.2 Å². The van der Waals surface area contributed by atoms with Gasteiger partial charge in [-0.05, 0) is 32.0 Å². The van der Waals surface area contributed by atoms with E-state index in [-0.39, 0.29) is 24.9 Å². The van der Waals surface area contributed by atoms with Gasteiger partial charge in [0.1, 0.15) is 0 Å². The third-order valence-electron chi connectivity index (χ3n) is 3.05. The van der Waals surface area contributed by atoms with Gasteiger partial charge in [-0.3, -0.25) is 4.79 Å². The number of nitriles is 2. The van der Waals surface area contributed by atoms with E-state index in [0.717, 1.165) is 0 Å². The molecule has 0 atom stereocenters. The number of hydrogen-bond acceptors (Lipinski definition) is 5. The lowest BCUT2D eigenvalue weighted by molar-refractivity contribution is 0.0762. The zero-order valence-corrected chi connectivity index (χ0v) is 13.7. The minimum Gasteiger partial charge on any atom is -0.493 e. The lowest BCUT2D eigenvalue weighted by Crippen LogP contribution is -2.32. The van der Waals surface area contributed by atoms with Crippen molar-refractivity contribution in [1.29, 1.82) is 10.5 Å². The van der Waals surface area contributed by atoms with E-state index in [2.05, 4.69) is 0 Å². The minimum atomic E-state index is -0.232. The number of benzene rings is 1. The quantitative estimate of drug-likeness (QED) is 0.736. The van der Waals surface area contributed by atoms with Crippen molar-refractivity contribution >= 4 is 5.91 Å². The summed E-state index contributed by atoms with van der Waals surface area (Å²) >= 11 is 0. The normalized spacial score (nSPS) is 9.83. The van der Waals surface area contributed by atoms with Gasteiger partial charge in [0.05, 0.1) is 38.2 Å².